The zero-order chi connectivity index (χ0) is 31.6. The van der Waals surface area contributed by atoms with E-state index in [2.05, 4.69) is 21.3 Å². The van der Waals surface area contributed by atoms with Crippen LogP contribution in [0.3, 0.4) is 0 Å². The Morgan fingerprint density at radius 2 is 1.50 bits per heavy atom. The third kappa shape index (κ3) is 8.68. The van der Waals surface area contributed by atoms with Gasteiger partial charge in [0.15, 0.2) is 5.11 Å². The van der Waals surface area contributed by atoms with Gasteiger partial charge in [0.25, 0.3) is 5.91 Å². The average molecular weight is 647 g/mol. The lowest BCUT2D eigenvalue weighted by atomic mass is 10.1. The maximum absolute atomic E-state index is 13.5. The van der Waals surface area contributed by atoms with E-state index in [4.69, 9.17) is 17.0 Å². The standard InChI is InChI=1S/C33H34N4O4S3/c1-5-26(43-25-14-10-13-24(19-25)36-33(42)35-23-17-15-20(3)16-18-23)29(38)37-31-27(32(40)41-6-2)21(4)28(44-31)30(39)34-22-11-8-7-9-12-22/h7-19,26H,5-6H2,1-4H3,(H,34,39)(H,37,38)(H2,35,36,42). The molecule has 4 N–H and O–H groups in total. The number of nitrogens with one attached hydrogen (secondary N) is 4. The number of hydrogen-bond donors (Lipinski definition) is 4. The predicted octanol–water partition coefficient (Wildman–Crippen LogP) is 8.11. The minimum Gasteiger partial charge on any atom is -0.462 e. The highest BCUT2D eigenvalue weighted by Gasteiger charge is 2.28. The Morgan fingerprint density at radius 1 is 0.841 bits per heavy atom. The minimum atomic E-state index is -0.593. The van der Waals surface area contributed by atoms with E-state index in [0.717, 1.165) is 33.2 Å². The molecule has 0 aliphatic carbocycles. The first kappa shape index (κ1) is 32.7. The smallest absolute Gasteiger partial charge is 0.341 e. The molecular formula is C33H34N4O4S3. The van der Waals surface area contributed by atoms with Crippen LogP contribution in [0.15, 0.2) is 83.8 Å². The Morgan fingerprint density at radius 3 is 2.18 bits per heavy atom. The number of aryl methyl sites for hydroxylation is 1. The lowest BCUT2D eigenvalue weighted by Crippen LogP contribution is -2.25. The van der Waals surface area contributed by atoms with Crippen LogP contribution in [0.5, 0.6) is 0 Å². The third-order valence-corrected chi connectivity index (χ3v) is 9.21. The number of carbonyl (C=O) groups excluding carboxylic acids is 3. The van der Waals surface area contributed by atoms with Gasteiger partial charge in [0.1, 0.15) is 5.00 Å². The topological polar surface area (TPSA) is 109 Å². The number of rotatable bonds is 11. The molecule has 0 fully saturated rings. The Balaban J connectivity index is 1.47. The van der Waals surface area contributed by atoms with Crippen LogP contribution in [0.25, 0.3) is 0 Å². The number of amides is 2. The Kier molecular flexibility index (Phi) is 11.5. The first-order chi connectivity index (χ1) is 21.2. The molecule has 0 saturated heterocycles. The second-order valence-corrected chi connectivity index (χ2v) is 12.5. The van der Waals surface area contributed by atoms with E-state index in [1.54, 1.807) is 26.0 Å². The molecule has 0 bridgehead atoms. The molecule has 0 aliphatic heterocycles. The normalized spacial score (nSPS) is 11.3. The molecule has 0 aliphatic rings. The van der Waals surface area contributed by atoms with E-state index in [1.807, 2.05) is 80.6 Å². The summed E-state index contributed by atoms with van der Waals surface area (Å²) in [5.41, 5.74) is 4.08. The van der Waals surface area contributed by atoms with Gasteiger partial charge in [-0.1, -0.05) is 48.9 Å². The van der Waals surface area contributed by atoms with Gasteiger partial charge in [0, 0.05) is 22.0 Å². The van der Waals surface area contributed by atoms with E-state index in [-0.39, 0.29) is 29.0 Å². The van der Waals surface area contributed by atoms with Crippen LogP contribution in [-0.4, -0.2) is 34.8 Å². The molecule has 44 heavy (non-hydrogen) atoms. The summed E-state index contributed by atoms with van der Waals surface area (Å²) in [7, 11) is 0. The number of thiocarbonyl (C=S) groups is 1. The number of carbonyl (C=O) groups is 3. The molecule has 2 amide bonds. The van der Waals surface area contributed by atoms with Crippen LogP contribution in [0, 0.1) is 13.8 Å². The number of para-hydroxylation sites is 1. The number of thioether (sulfide) groups is 1. The molecule has 1 heterocycles. The summed E-state index contributed by atoms with van der Waals surface area (Å²) in [6.45, 7) is 7.50. The average Bonchev–Trinajstić information content (AvgIpc) is 3.33. The lowest BCUT2D eigenvalue weighted by molar-refractivity contribution is -0.115. The largest absolute Gasteiger partial charge is 0.462 e. The molecule has 0 spiro atoms. The van der Waals surface area contributed by atoms with Gasteiger partial charge in [-0.2, -0.15) is 0 Å². The lowest BCUT2D eigenvalue weighted by Gasteiger charge is -2.16. The van der Waals surface area contributed by atoms with Gasteiger partial charge in [-0.25, -0.2) is 4.79 Å². The summed E-state index contributed by atoms with van der Waals surface area (Å²) in [5, 5.41) is 12.4. The van der Waals surface area contributed by atoms with E-state index >= 15 is 0 Å². The van der Waals surface area contributed by atoms with E-state index in [0.29, 0.717) is 27.7 Å². The molecule has 8 nitrogen and oxygen atoms in total. The molecule has 1 aromatic heterocycles. The fourth-order valence-electron chi connectivity index (χ4n) is 4.23. The monoisotopic (exact) mass is 646 g/mol. The van der Waals surface area contributed by atoms with Crippen molar-refractivity contribution in [3.05, 3.63) is 100 Å². The van der Waals surface area contributed by atoms with Crippen molar-refractivity contribution in [2.45, 2.75) is 44.3 Å². The van der Waals surface area contributed by atoms with Crippen LogP contribution in [0.1, 0.15) is 51.4 Å². The van der Waals surface area contributed by atoms with Gasteiger partial charge >= 0.3 is 5.97 Å². The summed E-state index contributed by atoms with van der Waals surface area (Å²) in [5.74, 6) is -1.25. The zero-order valence-corrected chi connectivity index (χ0v) is 27.3. The Hall–Kier alpha value is -4.19. The molecule has 228 valence electrons. The SMILES string of the molecule is CCOC(=O)c1c(NC(=O)C(CC)Sc2cccc(NC(=S)Nc3ccc(C)cc3)c2)sc(C(=O)Nc2ccccc2)c1C. The number of esters is 1. The van der Waals surface area contributed by atoms with Gasteiger partial charge in [-0.05, 0) is 87.4 Å². The molecular weight excluding hydrogens is 613 g/mol. The van der Waals surface area contributed by atoms with Crippen molar-refractivity contribution in [3.63, 3.8) is 0 Å². The maximum Gasteiger partial charge on any atom is 0.341 e. The highest BCUT2D eigenvalue weighted by Crippen LogP contribution is 2.36. The van der Waals surface area contributed by atoms with Crippen molar-refractivity contribution < 1.29 is 19.1 Å². The van der Waals surface area contributed by atoms with Crippen LogP contribution in [0.2, 0.25) is 0 Å². The molecule has 0 radical (unpaired) electrons. The minimum absolute atomic E-state index is 0.162. The van der Waals surface area contributed by atoms with Crippen molar-refractivity contribution >= 4 is 80.3 Å². The van der Waals surface area contributed by atoms with E-state index in [9.17, 15) is 14.4 Å². The van der Waals surface area contributed by atoms with Crippen molar-refractivity contribution in [1.82, 2.24) is 0 Å². The molecule has 3 aromatic carbocycles. The highest BCUT2D eigenvalue weighted by atomic mass is 32.2. The molecule has 1 atom stereocenters. The van der Waals surface area contributed by atoms with Crippen LogP contribution in [0.4, 0.5) is 22.1 Å². The molecule has 4 aromatic rings. The number of benzene rings is 3. The Bertz CT molecular complexity index is 1640. The zero-order valence-electron chi connectivity index (χ0n) is 24.9. The van der Waals surface area contributed by atoms with E-state index in [1.165, 1.54) is 11.8 Å². The van der Waals surface area contributed by atoms with Crippen molar-refractivity contribution in [3.8, 4) is 0 Å². The van der Waals surface area contributed by atoms with Crippen LogP contribution in [-0.2, 0) is 9.53 Å². The third-order valence-electron chi connectivity index (χ3n) is 6.44. The molecule has 4 rings (SSSR count). The van der Waals surface area contributed by atoms with Crippen molar-refractivity contribution in [2.75, 3.05) is 27.9 Å². The number of hydrogen-bond acceptors (Lipinski definition) is 7. The van der Waals surface area contributed by atoms with Crippen LogP contribution < -0.4 is 21.3 Å². The fraction of sp³-hybridized carbons (Fsp3) is 0.212. The highest BCUT2D eigenvalue weighted by molar-refractivity contribution is 8.00. The second kappa shape index (κ2) is 15.5. The molecule has 0 saturated carbocycles. The quantitative estimate of drug-likeness (QED) is 0.0735. The summed E-state index contributed by atoms with van der Waals surface area (Å²) < 4.78 is 5.27. The van der Waals surface area contributed by atoms with Crippen molar-refractivity contribution in [2.24, 2.45) is 0 Å². The Labute approximate surface area is 271 Å². The number of thiophene rings is 1. The van der Waals surface area contributed by atoms with Gasteiger partial charge in [0.2, 0.25) is 5.91 Å². The molecule has 11 heteroatoms. The summed E-state index contributed by atoms with van der Waals surface area (Å²) in [6, 6.07) is 24.6. The van der Waals surface area contributed by atoms with Gasteiger partial charge in [-0.3, -0.25) is 9.59 Å². The first-order valence-corrected chi connectivity index (χ1v) is 16.2. The maximum atomic E-state index is 13.5. The summed E-state index contributed by atoms with van der Waals surface area (Å²) in [6.07, 6.45) is 0.530. The molecule has 1 unspecified atom stereocenters. The summed E-state index contributed by atoms with van der Waals surface area (Å²) in [4.78, 5) is 40.8. The fourth-order valence-corrected chi connectivity index (χ4v) is 6.58. The van der Waals surface area contributed by atoms with Crippen LogP contribution >= 0.6 is 35.3 Å². The second-order valence-electron chi connectivity index (χ2n) is 9.78. The summed E-state index contributed by atoms with van der Waals surface area (Å²) >= 11 is 7.94. The first-order valence-electron chi connectivity index (χ1n) is 14.1. The van der Waals surface area contributed by atoms with Gasteiger partial charge in [-0.15, -0.1) is 23.1 Å². The number of ether oxygens (including phenoxy) is 1. The predicted molar refractivity (Wildman–Crippen MR) is 185 cm³/mol. The number of anilines is 4. The van der Waals surface area contributed by atoms with Crippen molar-refractivity contribution in [1.29, 1.82) is 0 Å². The van der Waals surface area contributed by atoms with Gasteiger partial charge in [0.05, 0.1) is 22.3 Å². The van der Waals surface area contributed by atoms with E-state index < -0.39 is 11.2 Å². The van der Waals surface area contributed by atoms with Gasteiger partial charge < -0.3 is 26.0 Å².